The standard InChI is InChI=1S/C24H12BrN5O4/c25-16-6-5-15(32-16)21-28-22-19-17(12-7-9-26-10-8-12)18-20(34-23(19)27-11-30(22)29-21)13-3-1-2-4-14(13)33-24(18)31/h1-11,17H. The monoisotopic (exact) mass is 513 g/mol. The van der Waals surface area contributed by atoms with Gasteiger partial charge in [-0.1, -0.05) is 12.1 Å². The van der Waals surface area contributed by atoms with E-state index in [2.05, 4.69) is 31.0 Å². The Morgan fingerprint density at radius 2 is 1.82 bits per heavy atom. The zero-order chi connectivity index (χ0) is 22.8. The topological polar surface area (TPSA) is 109 Å². The highest BCUT2D eigenvalue weighted by molar-refractivity contribution is 9.10. The smallest absolute Gasteiger partial charge is 0.344 e. The van der Waals surface area contributed by atoms with Gasteiger partial charge in [0, 0.05) is 12.4 Å². The largest absolute Gasteiger partial charge is 0.446 e. The average molecular weight is 514 g/mol. The number of halogens is 1. The van der Waals surface area contributed by atoms with E-state index < -0.39 is 11.5 Å². The van der Waals surface area contributed by atoms with Gasteiger partial charge in [-0.25, -0.2) is 19.3 Å². The molecule has 9 nitrogen and oxygen atoms in total. The molecule has 6 aromatic rings. The lowest BCUT2D eigenvalue weighted by molar-refractivity contribution is 0.422. The van der Waals surface area contributed by atoms with Gasteiger partial charge < -0.3 is 13.6 Å². The first kappa shape index (κ1) is 19.2. The van der Waals surface area contributed by atoms with Gasteiger partial charge in [0.25, 0.3) is 0 Å². The number of furan rings is 1. The van der Waals surface area contributed by atoms with Crippen molar-refractivity contribution in [3.05, 3.63) is 99.0 Å². The first-order chi connectivity index (χ1) is 16.7. The van der Waals surface area contributed by atoms with Crippen LogP contribution in [0.5, 0.6) is 11.6 Å². The second-order valence-electron chi connectivity index (χ2n) is 7.71. The molecule has 1 unspecified atom stereocenters. The molecule has 1 atom stereocenters. The fourth-order valence-electron chi connectivity index (χ4n) is 4.36. The van der Waals surface area contributed by atoms with Crippen LogP contribution in [0.25, 0.3) is 28.2 Å². The number of para-hydroxylation sites is 1. The second kappa shape index (κ2) is 7.09. The van der Waals surface area contributed by atoms with Crippen molar-refractivity contribution in [3.63, 3.8) is 0 Å². The number of pyridine rings is 1. The van der Waals surface area contributed by atoms with E-state index in [1.807, 2.05) is 24.3 Å². The molecule has 0 fully saturated rings. The van der Waals surface area contributed by atoms with Crippen molar-refractivity contribution in [2.75, 3.05) is 0 Å². The molecule has 10 heteroatoms. The van der Waals surface area contributed by atoms with E-state index in [1.165, 1.54) is 6.33 Å². The van der Waals surface area contributed by atoms with Gasteiger partial charge in [0.1, 0.15) is 11.9 Å². The Balaban J connectivity index is 1.56. The Bertz CT molecular complexity index is 1790. The van der Waals surface area contributed by atoms with E-state index in [1.54, 1.807) is 41.2 Å². The molecular formula is C24H12BrN5O4. The summed E-state index contributed by atoms with van der Waals surface area (Å²) in [5.41, 5.74) is 2.25. The molecule has 34 heavy (non-hydrogen) atoms. The normalized spacial score (nSPS) is 14.7. The van der Waals surface area contributed by atoms with E-state index in [0.29, 0.717) is 55.6 Å². The van der Waals surface area contributed by atoms with Gasteiger partial charge in [-0.2, -0.15) is 0 Å². The number of hydrogen-bond donors (Lipinski definition) is 0. The van der Waals surface area contributed by atoms with Crippen LogP contribution in [0.2, 0.25) is 0 Å². The van der Waals surface area contributed by atoms with Crippen LogP contribution in [0.1, 0.15) is 22.6 Å². The molecule has 7 rings (SSSR count). The fraction of sp³-hybridized carbons (Fsp3) is 0.0417. The van der Waals surface area contributed by atoms with Crippen LogP contribution in [0.15, 0.2) is 85.6 Å². The van der Waals surface area contributed by atoms with Gasteiger partial charge in [0.2, 0.25) is 11.7 Å². The Labute approximate surface area is 198 Å². The van der Waals surface area contributed by atoms with Crippen LogP contribution in [-0.4, -0.2) is 24.6 Å². The molecule has 5 aromatic heterocycles. The molecule has 0 saturated carbocycles. The minimum Gasteiger partial charge on any atom is -0.446 e. The van der Waals surface area contributed by atoms with Crippen molar-refractivity contribution in [2.45, 2.75) is 5.92 Å². The average Bonchev–Trinajstić information content (AvgIpc) is 3.49. The van der Waals surface area contributed by atoms with Crippen LogP contribution in [0.4, 0.5) is 0 Å². The predicted octanol–water partition coefficient (Wildman–Crippen LogP) is 4.93. The quantitative estimate of drug-likeness (QED) is 0.299. The summed E-state index contributed by atoms with van der Waals surface area (Å²) in [4.78, 5) is 26.7. The third-order valence-electron chi connectivity index (χ3n) is 5.79. The number of nitrogens with zero attached hydrogens (tertiary/aromatic N) is 5. The Kier molecular flexibility index (Phi) is 4.00. The number of fused-ring (bicyclic) bond motifs is 6. The molecule has 164 valence electrons. The Morgan fingerprint density at radius 1 is 0.971 bits per heavy atom. The van der Waals surface area contributed by atoms with Crippen molar-refractivity contribution in [2.24, 2.45) is 0 Å². The summed E-state index contributed by atoms with van der Waals surface area (Å²) in [6.07, 6.45) is 4.89. The highest BCUT2D eigenvalue weighted by Gasteiger charge is 2.37. The molecule has 6 heterocycles. The summed E-state index contributed by atoms with van der Waals surface area (Å²) in [6.45, 7) is 0. The summed E-state index contributed by atoms with van der Waals surface area (Å²) in [7, 11) is 0. The first-order valence-corrected chi connectivity index (χ1v) is 11.1. The van der Waals surface area contributed by atoms with Gasteiger partial charge in [-0.05, 0) is 57.9 Å². The van der Waals surface area contributed by atoms with Crippen molar-refractivity contribution in [1.29, 1.82) is 0 Å². The minimum absolute atomic E-state index is 0.345. The van der Waals surface area contributed by atoms with Gasteiger partial charge >= 0.3 is 5.63 Å². The lowest BCUT2D eigenvalue weighted by Crippen LogP contribution is -2.22. The minimum atomic E-state index is -0.556. The van der Waals surface area contributed by atoms with E-state index in [9.17, 15) is 4.79 Å². The van der Waals surface area contributed by atoms with Crippen molar-refractivity contribution in [1.82, 2.24) is 24.6 Å². The maximum atomic E-state index is 13.3. The second-order valence-corrected chi connectivity index (χ2v) is 8.50. The van der Waals surface area contributed by atoms with E-state index in [-0.39, 0.29) is 0 Å². The molecule has 0 bridgehead atoms. The third kappa shape index (κ3) is 2.75. The summed E-state index contributed by atoms with van der Waals surface area (Å²) in [6, 6.07) is 14.5. The molecule has 0 amide bonds. The molecule has 0 aliphatic carbocycles. The summed E-state index contributed by atoms with van der Waals surface area (Å²) < 4.78 is 19.7. The van der Waals surface area contributed by atoms with Gasteiger partial charge in [0.15, 0.2) is 21.8 Å². The van der Waals surface area contributed by atoms with Crippen molar-refractivity contribution >= 4 is 32.5 Å². The molecule has 0 saturated heterocycles. The Morgan fingerprint density at radius 3 is 2.65 bits per heavy atom. The van der Waals surface area contributed by atoms with Crippen LogP contribution in [0.3, 0.4) is 0 Å². The van der Waals surface area contributed by atoms with Crippen LogP contribution in [-0.2, 0) is 0 Å². The molecule has 1 aliphatic heterocycles. The highest BCUT2D eigenvalue weighted by Crippen LogP contribution is 2.48. The zero-order valence-electron chi connectivity index (χ0n) is 17.2. The maximum absolute atomic E-state index is 13.3. The van der Waals surface area contributed by atoms with Crippen molar-refractivity contribution < 1.29 is 13.6 Å². The third-order valence-corrected chi connectivity index (χ3v) is 6.22. The summed E-state index contributed by atoms with van der Waals surface area (Å²) in [5, 5.41) is 5.21. The predicted molar refractivity (Wildman–Crippen MR) is 124 cm³/mol. The summed E-state index contributed by atoms with van der Waals surface area (Å²) in [5.74, 6) is 1.09. The lowest BCUT2D eigenvalue weighted by atomic mass is 9.84. The lowest BCUT2D eigenvalue weighted by Gasteiger charge is -2.27. The zero-order valence-corrected chi connectivity index (χ0v) is 18.8. The molecule has 0 N–H and O–H groups in total. The highest BCUT2D eigenvalue weighted by atomic mass is 79.9. The first-order valence-electron chi connectivity index (χ1n) is 10.3. The van der Waals surface area contributed by atoms with Crippen LogP contribution in [0, 0.1) is 0 Å². The number of aromatic nitrogens is 5. The van der Waals surface area contributed by atoms with Crippen LogP contribution >= 0.6 is 15.9 Å². The molecule has 0 radical (unpaired) electrons. The number of ether oxygens (including phenoxy) is 1. The number of hydrogen-bond acceptors (Lipinski definition) is 8. The van der Waals surface area contributed by atoms with E-state index in [4.69, 9.17) is 18.6 Å². The molecule has 1 aliphatic rings. The number of rotatable bonds is 2. The van der Waals surface area contributed by atoms with E-state index in [0.717, 1.165) is 5.56 Å². The molecule has 1 aromatic carbocycles. The number of benzene rings is 1. The summed E-state index contributed by atoms with van der Waals surface area (Å²) >= 11 is 3.31. The van der Waals surface area contributed by atoms with Crippen molar-refractivity contribution in [3.8, 4) is 23.2 Å². The molecular weight excluding hydrogens is 502 g/mol. The van der Waals surface area contributed by atoms with E-state index >= 15 is 0 Å². The van der Waals surface area contributed by atoms with Gasteiger partial charge in [-0.15, -0.1) is 5.10 Å². The van der Waals surface area contributed by atoms with Gasteiger partial charge in [-0.3, -0.25) is 4.98 Å². The SMILES string of the molecule is O=c1oc2ccccc2c2c1C(c1ccncc1)c1c(ncn3nc(-c4ccc(Br)o4)nc13)O2. The maximum Gasteiger partial charge on any atom is 0.344 e. The van der Waals surface area contributed by atoms with Gasteiger partial charge in [0.05, 0.1) is 22.4 Å². The fourth-order valence-corrected chi connectivity index (χ4v) is 4.66. The molecule has 0 spiro atoms. The Hall–Kier alpha value is -4.31. The van der Waals surface area contributed by atoms with Crippen LogP contribution < -0.4 is 10.4 Å².